The third-order valence-electron chi connectivity index (χ3n) is 3.62. The van der Waals surface area contributed by atoms with E-state index in [1.165, 1.54) is 0 Å². The summed E-state index contributed by atoms with van der Waals surface area (Å²) < 4.78 is 16.5. The summed E-state index contributed by atoms with van der Waals surface area (Å²) in [5.41, 5.74) is 0. The Kier molecular flexibility index (Phi) is 5.46. The van der Waals surface area contributed by atoms with Crippen molar-refractivity contribution in [3.8, 4) is 5.75 Å². The monoisotopic (exact) mass is 359 g/mol. The molecule has 3 aromatic rings. The first-order valence-electron chi connectivity index (χ1n) is 7.87. The lowest BCUT2D eigenvalue weighted by molar-refractivity contribution is -0.139. The second kappa shape index (κ2) is 7.94. The Labute approximate surface area is 150 Å². The fourth-order valence-electron chi connectivity index (χ4n) is 2.45. The number of furan rings is 2. The summed E-state index contributed by atoms with van der Waals surface area (Å²) in [5, 5.41) is 0.556. The Morgan fingerprint density at radius 1 is 1.08 bits per heavy atom. The average Bonchev–Trinajstić information content (AvgIpc) is 3.27. The smallest absolute Gasteiger partial charge is 0.264 e. The normalized spacial score (nSPS) is 11.9. The highest BCUT2D eigenvalue weighted by Gasteiger charge is 2.24. The number of amides is 1. The van der Waals surface area contributed by atoms with Gasteiger partial charge in [0.2, 0.25) is 0 Å². The van der Waals surface area contributed by atoms with Gasteiger partial charge < -0.3 is 18.5 Å². The third-order valence-corrected chi connectivity index (χ3v) is 3.86. The van der Waals surface area contributed by atoms with Gasteiger partial charge in [0, 0.05) is 5.02 Å². The molecule has 3 rings (SSSR count). The molecule has 0 aliphatic heterocycles. The van der Waals surface area contributed by atoms with Crippen molar-refractivity contribution in [2.45, 2.75) is 26.1 Å². The van der Waals surface area contributed by atoms with Gasteiger partial charge >= 0.3 is 0 Å². The first-order chi connectivity index (χ1) is 12.1. The first-order valence-corrected chi connectivity index (χ1v) is 8.25. The Morgan fingerprint density at radius 2 is 1.72 bits per heavy atom. The summed E-state index contributed by atoms with van der Waals surface area (Å²) in [6.45, 7) is 2.37. The van der Waals surface area contributed by atoms with Crippen molar-refractivity contribution < 1.29 is 18.4 Å². The van der Waals surface area contributed by atoms with E-state index in [2.05, 4.69) is 0 Å². The standard InChI is InChI=1S/C19H18ClNO4/c1-14(25-16-6-2-5-15(20)11-16)19(22)21(12-17-7-3-9-23-17)13-18-8-4-10-24-18/h2-11,14H,12-13H2,1H3. The zero-order valence-electron chi connectivity index (χ0n) is 13.7. The van der Waals surface area contributed by atoms with Gasteiger partial charge in [-0.1, -0.05) is 17.7 Å². The van der Waals surface area contributed by atoms with E-state index >= 15 is 0 Å². The molecule has 1 aromatic carbocycles. The molecule has 0 aliphatic carbocycles. The van der Waals surface area contributed by atoms with Gasteiger partial charge in [0.15, 0.2) is 6.10 Å². The highest BCUT2D eigenvalue weighted by Crippen LogP contribution is 2.20. The summed E-state index contributed by atoms with van der Waals surface area (Å²) in [6.07, 6.45) is 2.48. The predicted molar refractivity (Wildman–Crippen MR) is 93.2 cm³/mol. The van der Waals surface area contributed by atoms with Crippen LogP contribution >= 0.6 is 11.6 Å². The molecule has 0 bridgehead atoms. The lowest BCUT2D eigenvalue weighted by atomic mass is 10.2. The number of carbonyl (C=O) groups is 1. The van der Waals surface area contributed by atoms with Gasteiger partial charge in [-0.15, -0.1) is 0 Å². The minimum Gasteiger partial charge on any atom is -0.481 e. The molecule has 2 heterocycles. The molecule has 0 saturated carbocycles. The Balaban J connectivity index is 1.72. The van der Waals surface area contributed by atoms with Gasteiger partial charge in [0.05, 0.1) is 25.6 Å². The van der Waals surface area contributed by atoms with Crippen LogP contribution in [0.15, 0.2) is 69.9 Å². The fraction of sp³-hybridized carbons (Fsp3) is 0.211. The highest BCUT2D eigenvalue weighted by molar-refractivity contribution is 6.30. The molecule has 0 saturated heterocycles. The maximum atomic E-state index is 12.9. The van der Waals surface area contributed by atoms with Crippen molar-refractivity contribution in [1.29, 1.82) is 0 Å². The van der Waals surface area contributed by atoms with E-state index in [0.29, 0.717) is 35.4 Å². The van der Waals surface area contributed by atoms with Crippen molar-refractivity contribution in [3.63, 3.8) is 0 Å². The van der Waals surface area contributed by atoms with E-state index in [4.69, 9.17) is 25.2 Å². The molecule has 0 aliphatic rings. The number of rotatable bonds is 7. The van der Waals surface area contributed by atoms with Crippen LogP contribution in [0.2, 0.25) is 5.02 Å². The van der Waals surface area contributed by atoms with Crippen LogP contribution in [0, 0.1) is 0 Å². The van der Waals surface area contributed by atoms with Crippen LogP contribution in [0.5, 0.6) is 5.75 Å². The molecule has 25 heavy (non-hydrogen) atoms. The molecule has 0 spiro atoms. The minimum atomic E-state index is -0.677. The van der Waals surface area contributed by atoms with Crippen LogP contribution in [-0.4, -0.2) is 16.9 Å². The third kappa shape index (κ3) is 4.67. The minimum absolute atomic E-state index is 0.173. The Hall–Kier alpha value is -2.66. The lowest BCUT2D eigenvalue weighted by Gasteiger charge is -2.24. The molecule has 1 atom stereocenters. The van der Waals surface area contributed by atoms with Crippen LogP contribution in [-0.2, 0) is 17.9 Å². The predicted octanol–water partition coefficient (Wildman–Crippen LogP) is 4.52. The SMILES string of the molecule is CC(Oc1cccc(Cl)c1)C(=O)N(Cc1ccco1)Cc1ccco1. The number of nitrogens with zero attached hydrogens (tertiary/aromatic N) is 1. The molecule has 1 amide bonds. The molecular formula is C19H18ClNO4. The van der Waals surface area contributed by atoms with Crippen molar-refractivity contribution in [2.75, 3.05) is 0 Å². The van der Waals surface area contributed by atoms with E-state index < -0.39 is 6.10 Å². The van der Waals surface area contributed by atoms with Gasteiger partial charge in [-0.2, -0.15) is 0 Å². The van der Waals surface area contributed by atoms with Crippen LogP contribution in [0.25, 0.3) is 0 Å². The largest absolute Gasteiger partial charge is 0.481 e. The summed E-state index contributed by atoms with van der Waals surface area (Å²) in [6, 6.07) is 14.2. The molecule has 2 aromatic heterocycles. The van der Waals surface area contributed by atoms with Crippen LogP contribution in [0.4, 0.5) is 0 Å². The fourth-order valence-corrected chi connectivity index (χ4v) is 2.63. The topological polar surface area (TPSA) is 55.8 Å². The van der Waals surface area contributed by atoms with Crippen LogP contribution < -0.4 is 4.74 Å². The zero-order valence-corrected chi connectivity index (χ0v) is 14.5. The Morgan fingerprint density at radius 3 is 2.24 bits per heavy atom. The van der Waals surface area contributed by atoms with Crippen molar-refractivity contribution in [3.05, 3.63) is 77.6 Å². The van der Waals surface area contributed by atoms with E-state index in [1.54, 1.807) is 60.7 Å². The van der Waals surface area contributed by atoms with Gasteiger partial charge in [-0.25, -0.2) is 0 Å². The van der Waals surface area contributed by atoms with E-state index in [1.807, 2.05) is 12.1 Å². The summed E-state index contributed by atoms with van der Waals surface area (Å²) >= 11 is 5.96. The molecule has 130 valence electrons. The summed E-state index contributed by atoms with van der Waals surface area (Å²) in [4.78, 5) is 14.5. The average molecular weight is 360 g/mol. The van der Waals surface area contributed by atoms with E-state index in [-0.39, 0.29) is 5.91 Å². The van der Waals surface area contributed by atoms with Crippen molar-refractivity contribution >= 4 is 17.5 Å². The van der Waals surface area contributed by atoms with Crippen LogP contribution in [0.1, 0.15) is 18.4 Å². The number of benzene rings is 1. The van der Waals surface area contributed by atoms with E-state index in [9.17, 15) is 4.79 Å². The molecule has 0 radical (unpaired) electrons. The van der Waals surface area contributed by atoms with Gasteiger partial charge in [0.1, 0.15) is 17.3 Å². The number of halogens is 1. The number of ether oxygens (including phenoxy) is 1. The van der Waals surface area contributed by atoms with Crippen LogP contribution in [0.3, 0.4) is 0 Å². The lowest BCUT2D eigenvalue weighted by Crippen LogP contribution is -2.39. The molecule has 0 fully saturated rings. The number of hydrogen-bond donors (Lipinski definition) is 0. The second-order valence-corrected chi connectivity index (χ2v) is 6.01. The maximum Gasteiger partial charge on any atom is 0.264 e. The Bertz CT molecular complexity index is 762. The zero-order chi connectivity index (χ0) is 17.6. The molecule has 6 heteroatoms. The van der Waals surface area contributed by atoms with E-state index in [0.717, 1.165) is 0 Å². The molecule has 5 nitrogen and oxygen atoms in total. The number of hydrogen-bond acceptors (Lipinski definition) is 4. The van der Waals surface area contributed by atoms with Crippen molar-refractivity contribution in [1.82, 2.24) is 4.90 Å². The maximum absolute atomic E-state index is 12.9. The number of carbonyl (C=O) groups excluding carboxylic acids is 1. The quantitative estimate of drug-likeness (QED) is 0.622. The first kappa shape index (κ1) is 17.2. The summed E-state index contributed by atoms with van der Waals surface area (Å²) in [5.74, 6) is 1.75. The second-order valence-electron chi connectivity index (χ2n) is 5.57. The molecule has 1 unspecified atom stereocenters. The van der Waals surface area contributed by atoms with Gasteiger partial charge in [-0.05, 0) is 49.4 Å². The highest BCUT2D eigenvalue weighted by atomic mass is 35.5. The van der Waals surface area contributed by atoms with Gasteiger partial charge in [0.25, 0.3) is 5.91 Å². The molecule has 0 N–H and O–H groups in total. The van der Waals surface area contributed by atoms with Crippen molar-refractivity contribution in [2.24, 2.45) is 0 Å². The summed E-state index contributed by atoms with van der Waals surface area (Å²) in [7, 11) is 0. The van der Waals surface area contributed by atoms with Gasteiger partial charge in [-0.3, -0.25) is 4.79 Å². The molecular weight excluding hydrogens is 342 g/mol.